The first kappa shape index (κ1) is 14.6. The third-order valence-electron chi connectivity index (χ3n) is 3.73. The summed E-state index contributed by atoms with van der Waals surface area (Å²) in [5.74, 6) is -0.297. The van der Waals surface area contributed by atoms with Gasteiger partial charge >= 0.3 is 5.97 Å². The van der Waals surface area contributed by atoms with E-state index in [1.165, 1.54) is 44.9 Å². The van der Waals surface area contributed by atoms with Crippen LogP contribution in [0, 0.1) is 0 Å². The quantitative estimate of drug-likeness (QED) is 0.723. The molecule has 0 spiro atoms. The van der Waals surface area contributed by atoms with E-state index in [1.807, 2.05) is 12.2 Å². The Morgan fingerprint density at radius 3 is 2.35 bits per heavy atom. The molecule has 0 aromatic heterocycles. The van der Waals surface area contributed by atoms with E-state index in [0.717, 1.165) is 13.1 Å². The van der Waals surface area contributed by atoms with Crippen LogP contribution < -0.4 is 0 Å². The van der Waals surface area contributed by atoms with Crippen LogP contribution >= 0.6 is 0 Å². The monoisotopic (exact) mass is 273 g/mol. The molecule has 0 saturated carbocycles. The molecule has 0 unspecified atom stereocenters. The molecule has 0 atom stereocenters. The zero-order chi connectivity index (χ0) is 14.2. The van der Waals surface area contributed by atoms with E-state index in [4.69, 9.17) is 4.74 Å². The summed E-state index contributed by atoms with van der Waals surface area (Å²) in [5.41, 5.74) is 1.80. The Hall–Kier alpha value is -1.77. The summed E-state index contributed by atoms with van der Waals surface area (Å²) in [5, 5.41) is 0. The molecule has 0 radical (unpaired) electrons. The lowest BCUT2D eigenvalue weighted by Crippen LogP contribution is -2.26. The number of nitrogens with zero attached hydrogens (tertiary/aromatic N) is 1. The van der Waals surface area contributed by atoms with Gasteiger partial charge in [-0.3, -0.25) is 0 Å². The molecule has 20 heavy (non-hydrogen) atoms. The Kier molecular flexibility index (Phi) is 5.66. The summed E-state index contributed by atoms with van der Waals surface area (Å²) in [6.07, 6.45) is 18.2. The number of likely N-dealkylation sites (tertiary alicyclic amines) is 1. The summed E-state index contributed by atoms with van der Waals surface area (Å²) in [6, 6.07) is 0. The van der Waals surface area contributed by atoms with E-state index in [1.54, 1.807) is 12.2 Å². The second-order valence-electron chi connectivity index (χ2n) is 5.18. The number of ether oxygens (including phenoxy) is 1. The first-order valence-corrected chi connectivity index (χ1v) is 7.41. The molecule has 3 heteroatoms. The van der Waals surface area contributed by atoms with Gasteiger partial charge in [0.15, 0.2) is 0 Å². The first-order valence-electron chi connectivity index (χ1n) is 7.41. The number of carbonyl (C=O) groups is 1. The van der Waals surface area contributed by atoms with Crippen LogP contribution in [0.15, 0.2) is 47.7 Å². The third-order valence-corrected chi connectivity index (χ3v) is 3.73. The molecule has 0 bridgehead atoms. The molecule has 0 aromatic carbocycles. The minimum Gasteiger partial charge on any atom is -0.465 e. The Morgan fingerprint density at radius 2 is 1.65 bits per heavy atom. The topological polar surface area (TPSA) is 29.5 Å². The van der Waals surface area contributed by atoms with Crippen LogP contribution in [-0.2, 0) is 9.53 Å². The van der Waals surface area contributed by atoms with Crippen molar-refractivity contribution in [3.8, 4) is 0 Å². The van der Waals surface area contributed by atoms with Crippen molar-refractivity contribution in [2.75, 3.05) is 20.2 Å². The van der Waals surface area contributed by atoms with Crippen LogP contribution in [0.5, 0.6) is 0 Å². The number of hydrogen-bond acceptors (Lipinski definition) is 3. The van der Waals surface area contributed by atoms with E-state index in [0.29, 0.717) is 5.57 Å². The minimum atomic E-state index is -0.297. The fourth-order valence-electron chi connectivity index (χ4n) is 2.58. The fraction of sp³-hybridized carbons (Fsp3) is 0.471. The summed E-state index contributed by atoms with van der Waals surface area (Å²) < 4.78 is 4.74. The van der Waals surface area contributed by atoms with Gasteiger partial charge < -0.3 is 9.64 Å². The van der Waals surface area contributed by atoms with Gasteiger partial charge in [-0.2, -0.15) is 0 Å². The zero-order valence-electron chi connectivity index (χ0n) is 12.2. The lowest BCUT2D eigenvalue weighted by molar-refractivity contribution is -0.135. The van der Waals surface area contributed by atoms with Gasteiger partial charge in [0.2, 0.25) is 0 Å². The predicted octanol–water partition coefficient (Wildman–Crippen LogP) is 3.36. The molecule has 0 amide bonds. The van der Waals surface area contributed by atoms with Crippen LogP contribution in [0.3, 0.4) is 0 Å². The van der Waals surface area contributed by atoms with Gasteiger partial charge in [-0.15, -0.1) is 0 Å². The minimum absolute atomic E-state index is 0.297. The molecule has 2 rings (SSSR count). The lowest BCUT2D eigenvalue weighted by atomic mass is 10.1. The normalized spacial score (nSPS) is 24.4. The largest absolute Gasteiger partial charge is 0.465 e. The fourth-order valence-corrected chi connectivity index (χ4v) is 2.58. The Balaban J connectivity index is 2.05. The van der Waals surface area contributed by atoms with E-state index in [9.17, 15) is 4.79 Å². The van der Waals surface area contributed by atoms with Crippen molar-refractivity contribution in [2.24, 2.45) is 0 Å². The number of esters is 1. The predicted molar refractivity (Wildman–Crippen MR) is 81.1 cm³/mol. The van der Waals surface area contributed by atoms with Gasteiger partial charge in [0, 0.05) is 18.8 Å². The van der Waals surface area contributed by atoms with Gasteiger partial charge in [-0.05, 0) is 37.1 Å². The number of methoxy groups -OCH3 is 1. The summed E-state index contributed by atoms with van der Waals surface area (Å²) in [6.45, 7) is 2.25. The number of rotatable bonds is 2. The van der Waals surface area contributed by atoms with E-state index < -0.39 is 0 Å². The lowest BCUT2D eigenvalue weighted by Gasteiger charge is -2.27. The van der Waals surface area contributed by atoms with Crippen LogP contribution in [0.25, 0.3) is 0 Å². The van der Waals surface area contributed by atoms with Gasteiger partial charge in [0.1, 0.15) is 0 Å². The van der Waals surface area contributed by atoms with Crippen molar-refractivity contribution in [2.45, 2.75) is 32.1 Å². The second kappa shape index (κ2) is 7.73. The maximum Gasteiger partial charge on any atom is 0.337 e. The van der Waals surface area contributed by atoms with Crippen LogP contribution in [-0.4, -0.2) is 31.1 Å². The highest BCUT2D eigenvalue weighted by molar-refractivity contribution is 5.92. The van der Waals surface area contributed by atoms with Gasteiger partial charge in [0.25, 0.3) is 0 Å². The molecule has 2 aliphatic rings. The second-order valence-corrected chi connectivity index (χ2v) is 5.18. The molecule has 0 aromatic rings. The first-order chi connectivity index (χ1) is 9.81. The van der Waals surface area contributed by atoms with Crippen LogP contribution in [0.4, 0.5) is 0 Å². The van der Waals surface area contributed by atoms with Gasteiger partial charge in [0.05, 0.1) is 12.7 Å². The highest BCUT2D eigenvalue weighted by Gasteiger charge is 2.10. The van der Waals surface area contributed by atoms with Crippen molar-refractivity contribution < 1.29 is 9.53 Å². The summed E-state index contributed by atoms with van der Waals surface area (Å²) in [7, 11) is 1.40. The maximum absolute atomic E-state index is 11.5. The van der Waals surface area contributed by atoms with Gasteiger partial charge in [-0.1, -0.05) is 31.4 Å². The van der Waals surface area contributed by atoms with Gasteiger partial charge in [-0.25, -0.2) is 4.79 Å². The van der Waals surface area contributed by atoms with E-state index >= 15 is 0 Å². The molecule has 1 heterocycles. The van der Waals surface area contributed by atoms with Crippen LogP contribution in [0.1, 0.15) is 32.1 Å². The SMILES string of the molecule is COC(=O)C1=C/C=C\C(N2CCCCCCC2)=C/C=C1. The molecule has 1 fully saturated rings. The van der Waals surface area contributed by atoms with Crippen molar-refractivity contribution >= 4 is 5.97 Å². The van der Waals surface area contributed by atoms with Crippen LogP contribution in [0.2, 0.25) is 0 Å². The smallest absolute Gasteiger partial charge is 0.337 e. The maximum atomic E-state index is 11.5. The molecule has 108 valence electrons. The molecule has 3 nitrogen and oxygen atoms in total. The number of allylic oxidation sites excluding steroid dienone is 5. The molecular weight excluding hydrogens is 250 g/mol. The molecule has 1 saturated heterocycles. The highest BCUT2D eigenvalue weighted by Crippen LogP contribution is 2.17. The third kappa shape index (κ3) is 4.12. The van der Waals surface area contributed by atoms with Crippen molar-refractivity contribution in [1.29, 1.82) is 0 Å². The summed E-state index contributed by atoms with van der Waals surface area (Å²) in [4.78, 5) is 13.9. The molecule has 0 N–H and O–H groups in total. The Morgan fingerprint density at radius 1 is 1.00 bits per heavy atom. The molecule has 1 aliphatic carbocycles. The zero-order valence-corrected chi connectivity index (χ0v) is 12.2. The highest BCUT2D eigenvalue weighted by atomic mass is 16.5. The van der Waals surface area contributed by atoms with E-state index in [-0.39, 0.29) is 5.97 Å². The Labute approximate surface area is 121 Å². The Bertz CT molecular complexity index is 450. The number of hydrogen-bond donors (Lipinski definition) is 0. The van der Waals surface area contributed by atoms with Crippen molar-refractivity contribution in [3.05, 3.63) is 47.7 Å². The summed E-state index contributed by atoms with van der Waals surface area (Å²) >= 11 is 0. The standard InChI is InChI=1S/C17H23NO2/c1-20-17(19)15-9-7-11-16(12-8-10-15)18-13-5-3-2-4-6-14-18/h7-12H,2-6,13-14H2,1H3/b9-7?,10-8?,11-7-,12-8?,15-9?,15-10?,16-11?,16-12+. The number of carbonyl (C=O) groups excluding carboxylic acids is 1. The van der Waals surface area contributed by atoms with E-state index in [2.05, 4.69) is 17.1 Å². The average molecular weight is 273 g/mol. The molecule has 1 aliphatic heterocycles. The average Bonchev–Trinajstić information content (AvgIpc) is 2.38. The van der Waals surface area contributed by atoms with Crippen molar-refractivity contribution in [1.82, 2.24) is 4.90 Å². The van der Waals surface area contributed by atoms with Crippen molar-refractivity contribution in [3.63, 3.8) is 0 Å². The molecular formula is C17H23NO2.